The van der Waals surface area contributed by atoms with Crippen molar-refractivity contribution in [3.8, 4) is 0 Å². The molecule has 3 aliphatic rings. The van der Waals surface area contributed by atoms with Gasteiger partial charge < -0.3 is 36.6 Å². The molecule has 0 radical (unpaired) electrons. The smallest absolute Gasteiger partial charge is 0.326 e. The molecule has 9 amide bonds. The van der Waals surface area contributed by atoms with Crippen LogP contribution in [0.25, 0.3) is 0 Å². The van der Waals surface area contributed by atoms with Gasteiger partial charge in [-0.05, 0) is 73.4 Å². The molecule has 0 aliphatic carbocycles. The second kappa shape index (κ2) is 22.6. The number of nitrogens with one attached hydrogen (secondary N) is 3. The molecule has 20 heteroatoms. The van der Waals surface area contributed by atoms with E-state index in [9.17, 15) is 48.3 Å². The summed E-state index contributed by atoms with van der Waals surface area (Å²) in [4.78, 5) is 122. The Kier molecular flexibility index (Phi) is 16.5. The van der Waals surface area contributed by atoms with Crippen molar-refractivity contribution in [1.29, 1.82) is 0 Å². The maximum Gasteiger partial charge on any atom is 0.326 e. The lowest BCUT2D eigenvalue weighted by Gasteiger charge is -2.32. The van der Waals surface area contributed by atoms with E-state index in [1.165, 1.54) is 24.1 Å². The molecule has 1 aromatic heterocycles. The van der Waals surface area contributed by atoms with Gasteiger partial charge in [-0.25, -0.2) is 14.6 Å². The average Bonchev–Trinajstić information content (AvgIpc) is 3.85. The summed E-state index contributed by atoms with van der Waals surface area (Å²) in [6, 6.07) is 4.43. The van der Waals surface area contributed by atoms with Crippen LogP contribution in [-0.4, -0.2) is 127 Å². The van der Waals surface area contributed by atoms with E-state index in [-0.39, 0.29) is 63.2 Å². The van der Waals surface area contributed by atoms with Crippen LogP contribution in [0.1, 0.15) is 95.8 Å². The Hall–Kier alpha value is -6.99. The molecule has 0 saturated carbocycles. The van der Waals surface area contributed by atoms with E-state index in [0.717, 1.165) is 26.5 Å². The zero-order chi connectivity index (χ0) is 48.2. The highest BCUT2D eigenvalue weighted by Gasteiger charge is 2.36. The van der Waals surface area contributed by atoms with E-state index in [4.69, 9.17) is 7.15 Å². The minimum atomic E-state index is -1.68. The number of hydrogen-bond donors (Lipinski definition) is 5. The molecule has 65 heavy (non-hydrogen) atoms. The van der Waals surface area contributed by atoms with Crippen LogP contribution in [-0.2, 0) is 51.4 Å². The lowest BCUT2D eigenvalue weighted by molar-refractivity contribution is -0.153. The number of unbranched alkanes of at least 4 members (excludes halogenated alkanes) is 3. The molecule has 6 N–H and O–H groups in total. The predicted octanol–water partition coefficient (Wildman–Crippen LogP) is 2.27. The third-order valence-electron chi connectivity index (χ3n) is 11.4. The molecule has 4 atom stereocenters. The van der Waals surface area contributed by atoms with E-state index in [1.54, 1.807) is 43.3 Å². The number of carbonyl (C=O) groups is 9. The Morgan fingerprint density at radius 1 is 0.923 bits per heavy atom. The Balaban J connectivity index is 1.16. The number of aliphatic carboxylic acids is 1. The zero-order valence-corrected chi connectivity index (χ0v) is 37.1. The largest absolute Gasteiger partial charge is 0.480 e. The molecule has 3 aliphatic heterocycles. The van der Waals surface area contributed by atoms with Crippen LogP contribution < -0.4 is 21.7 Å². The average molecular weight is 900 g/mol. The SMILES string of the molecule is [2H]N(C(=O)CCCCCN1C(=O)C=CC1=O)[C@@H](C(=O)N[C@@H](C)C(=O)N(CCCCN1N=C(c2ccc(NC(=O)N3Cc4ccncc4C3)cc2)[C@H](C)CC1=O)[C@H](CC(N)=O)C(=O)O)C(C)C. The minimum absolute atomic E-state index is 0.0906. The maximum absolute atomic E-state index is 13.9. The summed E-state index contributed by atoms with van der Waals surface area (Å²) in [5, 5.41) is 22.1. The van der Waals surface area contributed by atoms with Crippen molar-refractivity contribution in [2.45, 2.75) is 110 Å². The first-order valence-electron chi connectivity index (χ1n) is 22.2. The Morgan fingerprint density at radius 3 is 2.25 bits per heavy atom. The fourth-order valence-corrected chi connectivity index (χ4v) is 7.75. The highest BCUT2D eigenvalue weighted by Crippen LogP contribution is 2.25. The molecule has 0 fully saturated rings. The van der Waals surface area contributed by atoms with Gasteiger partial charge in [0.05, 0.1) is 12.1 Å². The number of anilines is 1. The van der Waals surface area contributed by atoms with Gasteiger partial charge >= 0.3 is 12.0 Å². The second-order valence-corrected chi connectivity index (χ2v) is 16.8. The number of carboxylic acid groups (broad SMARTS) is 1. The number of carboxylic acids is 1. The Labute approximate surface area is 378 Å². The van der Waals surface area contributed by atoms with Crippen molar-refractivity contribution in [1.82, 2.24) is 35.3 Å². The number of imide groups is 1. The lowest BCUT2D eigenvalue weighted by Crippen LogP contribution is -2.57. The van der Waals surface area contributed by atoms with Gasteiger partial charge in [0.2, 0.25) is 29.5 Å². The van der Waals surface area contributed by atoms with Crippen molar-refractivity contribution in [2.75, 3.05) is 25.0 Å². The summed E-state index contributed by atoms with van der Waals surface area (Å²) in [5.74, 6) is -6.64. The Bertz CT molecular complexity index is 2210. The van der Waals surface area contributed by atoms with Crippen LogP contribution in [0, 0.1) is 11.8 Å². The van der Waals surface area contributed by atoms with Crippen molar-refractivity contribution < 1.29 is 49.7 Å². The summed E-state index contributed by atoms with van der Waals surface area (Å²) < 4.78 is 8.50. The molecule has 0 bridgehead atoms. The summed E-state index contributed by atoms with van der Waals surface area (Å²) in [6.07, 6.45) is 6.87. The minimum Gasteiger partial charge on any atom is -0.480 e. The number of hydrazone groups is 1. The van der Waals surface area contributed by atoms with Crippen LogP contribution in [0.2, 0.25) is 1.41 Å². The number of pyridine rings is 1. The summed E-state index contributed by atoms with van der Waals surface area (Å²) in [6.45, 7) is 7.50. The van der Waals surface area contributed by atoms with Crippen LogP contribution in [0.15, 0.2) is 60.0 Å². The van der Waals surface area contributed by atoms with Gasteiger partial charge in [-0.2, -0.15) is 5.10 Å². The van der Waals surface area contributed by atoms with Crippen molar-refractivity contribution >= 4 is 64.7 Å². The molecule has 0 spiro atoms. The molecule has 4 heterocycles. The predicted molar refractivity (Wildman–Crippen MR) is 236 cm³/mol. The number of rotatable bonds is 22. The van der Waals surface area contributed by atoms with Gasteiger partial charge in [0.1, 0.15) is 18.1 Å². The molecule has 2 aromatic rings. The molecule has 348 valence electrons. The highest BCUT2D eigenvalue weighted by atomic mass is 16.4. The number of nitrogens with zero attached hydrogens (tertiary/aromatic N) is 6. The van der Waals surface area contributed by atoms with E-state index >= 15 is 0 Å². The number of amides is 9. The number of carbonyl (C=O) groups excluding carboxylic acids is 8. The highest BCUT2D eigenvalue weighted by molar-refractivity contribution is 6.12. The monoisotopic (exact) mass is 899 g/mol. The standard InChI is InChI=1S/C45H58N10O10/c1-27(2)40(50-36(57)10-6-5-7-20-54-37(58)15-16-38(54)59)42(61)48-29(4)43(62)53(34(44(63)64)23-35(46)56)19-8-9-21-55-39(60)22-28(3)41(51-55)30-11-13-33(14-12-30)49-45(65)52-25-31-17-18-47-24-32(31)26-52/h11-18,24,27-29,34,40H,5-10,19-23,25-26H2,1-4H3,(H2,46,56)(H,48,61)(H,49,65)(H,50,57)(H,63,64)/t28-,29+,34-,40-/m1/s1/i/hD. The van der Waals surface area contributed by atoms with Crippen LogP contribution >= 0.6 is 0 Å². The molecule has 0 saturated heterocycles. The number of urea groups is 1. The van der Waals surface area contributed by atoms with Crippen LogP contribution in [0.4, 0.5) is 10.5 Å². The van der Waals surface area contributed by atoms with Crippen molar-refractivity contribution in [3.63, 3.8) is 0 Å². The lowest BCUT2D eigenvalue weighted by atomic mass is 9.93. The molecule has 20 nitrogen and oxygen atoms in total. The number of primary amides is 1. The van der Waals surface area contributed by atoms with Crippen LogP contribution in [0.5, 0.6) is 0 Å². The van der Waals surface area contributed by atoms with Gasteiger partial charge in [-0.3, -0.25) is 43.4 Å². The first kappa shape index (κ1) is 47.5. The maximum atomic E-state index is 13.9. The van der Waals surface area contributed by atoms with E-state index < -0.39 is 71.9 Å². The van der Waals surface area contributed by atoms with Gasteiger partial charge in [0.25, 0.3) is 11.8 Å². The van der Waals surface area contributed by atoms with Gasteiger partial charge in [0.15, 0.2) is 1.41 Å². The topological polar surface area (TPSA) is 274 Å². The summed E-state index contributed by atoms with van der Waals surface area (Å²) in [7, 11) is 0. The summed E-state index contributed by atoms with van der Waals surface area (Å²) in [5.41, 5.74) is 9.41. The van der Waals surface area contributed by atoms with E-state index in [2.05, 4.69) is 20.7 Å². The van der Waals surface area contributed by atoms with Crippen molar-refractivity contribution in [2.24, 2.45) is 22.7 Å². The zero-order valence-electron chi connectivity index (χ0n) is 38.1. The molecule has 0 unspecified atom stereocenters. The molecular formula is C45H58N10O10. The first-order chi connectivity index (χ1) is 31.4. The van der Waals surface area contributed by atoms with Gasteiger partial charge in [-0.15, -0.1) is 0 Å². The third-order valence-corrected chi connectivity index (χ3v) is 11.4. The number of nitrogens with two attached hydrogens (primary N) is 1. The normalized spacial score (nSPS) is 17.3. The Morgan fingerprint density at radius 2 is 1.60 bits per heavy atom. The van der Waals surface area contributed by atoms with E-state index in [0.29, 0.717) is 49.1 Å². The number of fused-ring (bicyclic) bond motifs is 1. The first-order valence-corrected chi connectivity index (χ1v) is 21.8. The number of benzene rings is 1. The third kappa shape index (κ3) is 13.3. The number of aromatic nitrogens is 1. The quantitative estimate of drug-likeness (QED) is 0.0845. The number of hydrogen-bond acceptors (Lipinski definition) is 11. The summed E-state index contributed by atoms with van der Waals surface area (Å²) >= 11 is 0. The molecular weight excluding hydrogens is 841 g/mol. The van der Waals surface area contributed by atoms with Crippen molar-refractivity contribution in [3.05, 3.63) is 71.6 Å². The molecule has 1 aromatic carbocycles. The van der Waals surface area contributed by atoms with Crippen LogP contribution in [0.3, 0.4) is 0 Å². The second-order valence-electron chi connectivity index (χ2n) is 16.8. The van der Waals surface area contributed by atoms with Gasteiger partial charge in [-0.1, -0.05) is 39.3 Å². The van der Waals surface area contributed by atoms with E-state index in [1.807, 2.05) is 25.1 Å². The van der Waals surface area contributed by atoms with Gasteiger partial charge in [0, 0.05) is 81.7 Å². The fourth-order valence-electron chi connectivity index (χ4n) is 7.75. The molecule has 5 rings (SSSR count). The fraction of sp³-hybridized carbons (Fsp3) is 0.489.